The molecule has 1 aromatic heterocycles. The van der Waals surface area contributed by atoms with Crippen molar-refractivity contribution in [2.45, 2.75) is 13.0 Å². The standard InChI is InChI=1S/C15H16O5/c1-18-12-4-2-11(3-5-12)6-7-19-15-10-20-13(9-16)8-14(15)17/h2-5,8,10,16H,6-7,9H2,1H3. The van der Waals surface area contributed by atoms with Crippen LogP contribution in [-0.2, 0) is 13.0 Å². The molecule has 0 unspecified atom stereocenters. The maximum absolute atomic E-state index is 11.6. The highest BCUT2D eigenvalue weighted by molar-refractivity contribution is 5.27. The summed E-state index contributed by atoms with van der Waals surface area (Å²) in [7, 11) is 1.62. The molecule has 0 radical (unpaired) electrons. The molecule has 1 N–H and O–H groups in total. The lowest BCUT2D eigenvalue weighted by atomic mass is 10.1. The molecule has 5 nitrogen and oxygen atoms in total. The van der Waals surface area contributed by atoms with Crippen LogP contribution < -0.4 is 14.9 Å². The van der Waals surface area contributed by atoms with E-state index in [4.69, 9.17) is 19.0 Å². The number of hydrogen-bond acceptors (Lipinski definition) is 5. The second kappa shape index (κ2) is 6.77. The van der Waals surface area contributed by atoms with E-state index in [0.29, 0.717) is 13.0 Å². The number of methoxy groups -OCH3 is 1. The zero-order valence-corrected chi connectivity index (χ0v) is 11.2. The molecule has 0 amide bonds. The smallest absolute Gasteiger partial charge is 0.227 e. The molecule has 2 aromatic rings. The number of aliphatic hydroxyl groups is 1. The fourth-order valence-corrected chi connectivity index (χ4v) is 1.70. The quantitative estimate of drug-likeness (QED) is 0.870. The average molecular weight is 276 g/mol. The van der Waals surface area contributed by atoms with Crippen molar-refractivity contribution in [2.24, 2.45) is 0 Å². The van der Waals surface area contributed by atoms with Crippen LogP contribution in [0.15, 0.2) is 45.8 Å². The second-order valence-corrected chi connectivity index (χ2v) is 4.18. The molecule has 0 atom stereocenters. The minimum Gasteiger partial charge on any atom is -0.497 e. The molecule has 106 valence electrons. The molecule has 0 aliphatic rings. The van der Waals surface area contributed by atoms with Gasteiger partial charge in [-0.05, 0) is 17.7 Å². The number of hydrogen-bond donors (Lipinski definition) is 1. The van der Waals surface area contributed by atoms with Crippen LogP contribution in [-0.4, -0.2) is 18.8 Å². The van der Waals surface area contributed by atoms with E-state index in [2.05, 4.69) is 0 Å². The maximum atomic E-state index is 11.6. The maximum Gasteiger partial charge on any atom is 0.227 e. The summed E-state index contributed by atoms with van der Waals surface area (Å²) in [5, 5.41) is 8.84. The first-order valence-electron chi connectivity index (χ1n) is 6.21. The fourth-order valence-electron chi connectivity index (χ4n) is 1.70. The van der Waals surface area contributed by atoms with Gasteiger partial charge >= 0.3 is 0 Å². The zero-order valence-electron chi connectivity index (χ0n) is 11.2. The third kappa shape index (κ3) is 3.61. The molecule has 0 spiro atoms. The monoisotopic (exact) mass is 276 g/mol. The highest BCUT2D eigenvalue weighted by atomic mass is 16.5. The predicted molar refractivity (Wildman–Crippen MR) is 73.1 cm³/mol. The summed E-state index contributed by atoms with van der Waals surface area (Å²) < 4.78 is 15.5. The van der Waals surface area contributed by atoms with Gasteiger partial charge in [0, 0.05) is 12.5 Å². The normalized spacial score (nSPS) is 10.3. The molecule has 1 heterocycles. The van der Waals surface area contributed by atoms with Gasteiger partial charge in [0.15, 0.2) is 0 Å². The molecular weight excluding hydrogens is 260 g/mol. The minimum absolute atomic E-state index is 0.149. The molecule has 2 rings (SSSR count). The van der Waals surface area contributed by atoms with Gasteiger partial charge in [0.2, 0.25) is 11.2 Å². The Bertz CT molecular complexity index is 600. The predicted octanol–water partition coefficient (Wildman–Crippen LogP) is 1.76. The third-order valence-electron chi connectivity index (χ3n) is 2.82. The highest BCUT2D eigenvalue weighted by Gasteiger charge is 2.04. The van der Waals surface area contributed by atoms with Crippen molar-refractivity contribution in [3.8, 4) is 11.5 Å². The van der Waals surface area contributed by atoms with Crippen LogP contribution in [0.4, 0.5) is 0 Å². The third-order valence-corrected chi connectivity index (χ3v) is 2.82. The number of ether oxygens (including phenoxy) is 2. The van der Waals surface area contributed by atoms with E-state index in [1.807, 2.05) is 24.3 Å². The SMILES string of the molecule is COc1ccc(CCOc2coc(CO)cc2=O)cc1. The van der Waals surface area contributed by atoms with Crippen LogP contribution in [0, 0.1) is 0 Å². The van der Waals surface area contributed by atoms with Gasteiger partial charge in [-0.25, -0.2) is 0 Å². The zero-order chi connectivity index (χ0) is 14.4. The molecule has 0 aliphatic carbocycles. The van der Waals surface area contributed by atoms with Gasteiger partial charge in [-0.2, -0.15) is 0 Å². The topological polar surface area (TPSA) is 68.9 Å². The van der Waals surface area contributed by atoms with Crippen molar-refractivity contribution in [1.82, 2.24) is 0 Å². The lowest BCUT2D eigenvalue weighted by Gasteiger charge is -2.06. The first kappa shape index (κ1) is 14.1. The molecule has 1 aromatic carbocycles. The van der Waals surface area contributed by atoms with Gasteiger partial charge in [-0.3, -0.25) is 4.79 Å². The summed E-state index contributed by atoms with van der Waals surface area (Å²) in [6.07, 6.45) is 1.90. The van der Waals surface area contributed by atoms with Gasteiger partial charge in [-0.15, -0.1) is 0 Å². The van der Waals surface area contributed by atoms with Crippen molar-refractivity contribution < 1.29 is 19.0 Å². The summed E-state index contributed by atoms with van der Waals surface area (Å²) in [6.45, 7) is 0.0664. The molecular formula is C15H16O5. The van der Waals surface area contributed by atoms with Gasteiger partial charge in [0.05, 0.1) is 13.7 Å². The first-order valence-corrected chi connectivity index (χ1v) is 6.21. The van der Waals surface area contributed by atoms with E-state index in [9.17, 15) is 4.79 Å². The van der Waals surface area contributed by atoms with Crippen LogP contribution in [0.25, 0.3) is 0 Å². The number of rotatable bonds is 6. The Morgan fingerprint density at radius 3 is 2.60 bits per heavy atom. The molecule has 0 saturated carbocycles. The van der Waals surface area contributed by atoms with Crippen molar-refractivity contribution >= 4 is 0 Å². The first-order chi connectivity index (χ1) is 9.72. The summed E-state index contributed by atoms with van der Waals surface area (Å²) in [6, 6.07) is 8.86. The van der Waals surface area contributed by atoms with E-state index in [0.717, 1.165) is 11.3 Å². The molecule has 20 heavy (non-hydrogen) atoms. The van der Waals surface area contributed by atoms with E-state index in [1.165, 1.54) is 12.3 Å². The van der Waals surface area contributed by atoms with Crippen molar-refractivity contribution in [3.63, 3.8) is 0 Å². The lowest BCUT2D eigenvalue weighted by Crippen LogP contribution is -2.10. The van der Waals surface area contributed by atoms with Crippen molar-refractivity contribution in [1.29, 1.82) is 0 Å². The number of benzene rings is 1. The van der Waals surface area contributed by atoms with Crippen LogP contribution in [0.3, 0.4) is 0 Å². The number of aliphatic hydroxyl groups excluding tert-OH is 1. The van der Waals surface area contributed by atoms with Crippen LogP contribution in [0.5, 0.6) is 11.5 Å². The Labute approximate surface area is 116 Å². The molecule has 0 saturated heterocycles. The van der Waals surface area contributed by atoms with Crippen molar-refractivity contribution in [2.75, 3.05) is 13.7 Å². The fraction of sp³-hybridized carbons (Fsp3) is 0.267. The Morgan fingerprint density at radius 1 is 1.25 bits per heavy atom. The Morgan fingerprint density at radius 2 is 2.00 bits per heavy atom. The van der Waals surface area contributed by atoms with Crippen LogP contribution in [0.1, 0.15) is 11.3 Å². The average Bonchev–Trinajstić information content (AvgIpc) is 2.49. The molecule has 0 aliphatic heterocycles. The Kier molecular flexibility index (Phi) is 4.79. The van der Waals surface area contributed by atoms with E-state index in [1.54, 1.807) is 7.11 Å². The van der Waals surface area contributed by atoms with Gasteiger partial charge in [0.1, 0.15) is 24.4 Å². The van der Waals surface area contributed by atoms with E-state index >= 15 is 0 Å². The second-order valence-electron chi connectivity index (χ2n) is 4.18. The minimum atomic E-state index is -0.304. The molecule has 0 fully saturated rings. The van der Waals surface area contributed by atoms with Gasteiger partial charge < -0.3 is 19.0 Å². The lowest BCUT2D eigenvalue weighted by molar-refractivity contribution is 0.237. The summed E-state index contributed by atoms with van der Waals surface area (Å²) in [5.74, 6) is 1.17. The Hall–Kier alpha value is -2.27. The van der Waals surface area contributed by atoms with E-state index < -0.39 is 0 Å². The van der Waals surface area contributed by atoms with Gasteiger partial charge in [-0.1, -0.05) is 12.1 Å². The summed E-state index contributed by atoms with van der Waals surface area (Å²) in [4.78, 5) is 11.6. The summed E-state index contributed by atoms with van der Waals surface area (Å²) in [5.41, 5.74) is 0.789. The van der Waals surface area contributed by atoms with Crippen LogP contribution >= 0.6 is 0 Å². The summed E-state index contributed by atoms with van der Waals surface area (Å²) >= 11 is 0. The van der Waals surface area contributed by atoms with Gasteiger partial charge in [0.25, 0.3) is 0 Å². The van der Waals surface area contributed by atoms with Crippen LogP contribution in [0.2, 0.25) is 0 Å². The largest absolute Gasteiger partial charge is 0.497 e. The van der Waals surface area contributed by atoms with Crippen molar-refractivity contribution in [3.05, 3.63) is 58.1 Å². The molecule has 0 bridgehead atoms. The Balaban J connectivity index is 1.90. The highest BCUT2D eigenvalue weighted by Crippen LogP contribution is 2.12. The van der Waals surface area contributed by atoms with E-state index in [-0.39, 0.29) is 23.5 Å². The molecule has 5 heteroatoms.